The van der Waals surface area contributed by atoms with Gasteiger partial charge in [0, 0.05) is 30.2 Å². The van der Waals surface area contributed by atoms with E-state index >= 15 is 0 Å². The predicted molar refractivity (Wildman–Crippen MR) is 80.1 cm³/mol. The van der Waals surface area contributed by atoms with E-state index in [0.717, 1.165) is 43.8 Å². The van der Waals surface area contributed by atoms with Gasteiger partial charge >= 0.3 is 0 Å². The van der Waals surface area contributed by atoms with E-state index in [1.165, 1.54) is 0 Å². The summed E-state index contributed by atoms with van der Waals surface area (Å²) in [6.07, 6.45) is 2.19. The molecule has 1 aromatic rings. The Kier molecular flexibility index (Phi) is 5.68. The first kappa shape index (κ1) is 15.1. The van der Waals surface area contributed by atoms with E-state index in [9.17, 15) is 4.79 Å². The zero-order valence-corrected chi connectivity index (χ0v) is 12.6. The van der Waals surface area contributed by atoms with E-state index in [1.807, 2.05) is 24.0 Å². The molecular formula is C15H21ClN2O2. The monoisotopic (exact) mass is 296 g/mol. The van der Waals surface area contributed by atoms with Crippen molar-refractivity contribution in [2.75, 3.05) is 26.2 Å². The number of carbonyl (C=O) groups excluding carboxylic acids is 1. The molecular weight excluding hydrogens is 276 g/mol. The lowest BCUT2D eigenvalue weighted by atomic mass is 10.2. The number of benzene rings is 1. The van der Waals surface area contributed by atoms with Crippen LogP contribution < -0.4 is 10.1 Å². The zero-order valence-electron chi connectivity index (χ0n) is 11.8. The maximum atomic E-state index is 12.0. The van der Waals surface area contributed by atoms with Crippen LogP contribution in [0.5, 0.6) is 5.75 Å². The molecule has 1 amide bonds. The third kappa shape index (κ3) is 4.12. The van der Waals surface area contributed by atoms with Gasteiger partial charge in [-0.15, -0.1) is 0 Å². The second-order valence-electron chi connectivity index (χ2n) is 4.91. The van der Waals surface area contributed by atoms with Crippen molar-refractivity contribution in [1.29, 1.82) is 0 Å². The van der Waals surface area contributed by atoms with Crippen molar-refractivity contribution in [3.8, 4) is 5.75 Å². The van der Waals surface area contributed by atoms with Gasteiger partial charge in [0.25, 0.3) is 5.91 Å². The lowest BCUT2D eigenvalue weighted by molar-refractivity contribution is -0.132. The van der Waals surface area contributed by atoms with Crippen molar-refractivity contribution < 1.29 is 9.53 Å². The molecule has 1 aliphatic rings. The highest BCUT2D eigenvalue weighted by Crippen LogP contribution is 2.23. The molecule has 0 spiro atoms. The number of nitrogens with one attached hydrogen (secondary N) is 1. The number of hydrogen-bond acceptors (Lipinski definition) is 3. The summed E-state index contributed by atoms with van der Waals surface area (Å²) in [5, 5.41) is 3.92. The van der Waals surface area contributed by atoms with Crippen LogP contribution in [0.2, 0.25) is 5.02 Å². The molecule has 0 atom stereocenters. The van der Waals surface area contributed by atoms with Gasteiger partial charge in [-0.25, -0.2) is 0 Å². The van der Waals surface area contributed by atoms with Crippen molar-refractivity contribution in [3.63, 3.8) is 0 Å². The first-order valence-corrected chi connectivity index (χ1v) is 7.48. The maximum absolute atomic E-state index is 12.0. The van der Waals surface area contributed by atoms with Gasteiger partial charge in [0.1, 0.15) is 5.75 Å². The minimum atomic E-state index is 0.0619. The SMILES string of the molecule is CCNCc1cc(Cl)ccc1OCC(=O)N1CCCC1. The summed E-state index contributed by atoms with van der Waals surface area (Å²) < 4.78 is 5.67. The average molecular weight is 297 g/mol. The smallest absolute Gasteiger partial charge is 0.260 e. The zero-order chi connectivity index (χ0) is 14.4. The Labute approximate surface area is 125 Å². The van der Waals surface area contributed by atoms with Gasteiger partial charge in [0.15, 0.2) is 6.61 Å². The topological polar surface area (TPSA) is 41.6 Å². The van der Waals surface area contributed by atoms with Crippen LogP contribution in [0, 0.1) is 0 Å². The summed E-state index contributed by atoms with van der Waals surface area (Å²) in [5.74, 6) is 0.787. The van der Waals surface area contributed by atoms with Crippen LogP contribution in [0.4, 0.5) is 0 Å². The molecule has 1 aliphatic heterocycles. The first-order chi connectivity index (χ1) is 9.70. The Balaban J connectivity index is 1.95. The van der Waals surface area contributed by atoms with Crippen molar-refractivity contribution in [2.45, 2.75) is 26.3 Å². The molecule has 0 bridgehead atoms. The summed E-state index contributed by atoms with van der Waals surface area (Å²) in [6, 6.07) is 5.48. The molecule has 1 saturated heterocycles. The summed E-state index contributed by atoms with van der Waals surface area (Å²) in [7, 11) is 0. The minimum absolute atomic E-state index is 0.0619. The van der Waals surface area contributed by atoms with Crippen LogP contribution >= 0.6 is 11.6 Å². The van der Waals surface area contributed by atoms with Gasteiger partial charge in [-0.05, 0) is 37.6 Å². The average Bonchev–Trinajstić information content (AvgIpc) is 2.98. The lowest BCUT2D eigenvalue weighted by Gasteiger charge is -2.17. The van der Waals surface area contributed by atoms with Crippen molar-refractivity contribution >= 4 is 17.5 Å². The number of likely N-dealkylation sites (tertiary alicyclic amines) is 1. The molecule has 20 heavy (non-hydrogen) atoms. The number of ether oxygens (including phenoxy) is 1. The molecule has 5 heteroatoms. The molecule has 1 heterocycles. The quantitative estimate of drug-likeness (QED) is 0.877. The van der Waals surface area contributed by atoms with E-state index in [1.54, 1.807) is 6.07 Å². The molecule has 110 valence electrons. The number of amides is 1. The van der Waals surface area contributed by atoms with E-state index in [0.29, 0.717) is 11.6 Å². The highest BCUT2D eigenvalue weighted by atomic mass is 35.5. The number of halogens is 1. The van der Waals surface area contributed by atoms with Crippen LogP contribution in [0.25, 0.3) is 0 Å². The Morgan fingerprint density at radius 1 is 1.40 bits per heavy atom. The molecule has 4 nitrogen and oxygen atoms in total. The van der Waals surface area contributed by atoms with Crippen molar-refractivity contribution in [2.24, 2.45) is 0 Å². The second-order valence-corrected chi connectivity index (χ2v) is 5.35. The molecule has 0 aromatic heterocycles. The molecule has 1 fully saturated rings. The van der Waals surface area contributed by atoms with E-state index in [-0.39, 0.29) is 12.5 Å². The fourth-order valence-electron chi connectivity index (χ4n) is 2.28. The standard InChI is InChI=1S/C15H21ClN2O2/c1-2-17-10-12-9-13(16)5-6-14(12)20-11-15(19)18-7-3-4-8-18/h5-6,9,17H,2-4,7-8,10-11H2,1H3. The van der Waals surface area contributed by atoms with Crippen LogP contribution in [-0.2, 0) is 11.3 Å². The van der Waals surface area contributed by atoms with Gasteiger partial charge in [-0.1, -0.05) is 18.5 Å². The number of rotatable bonds is 6. The Hall–Kier alpha value is -1.26. The van der Waals surface area contributed by atoms with Crippen LogP contribution in [0.15, 0.2) is 18.2 Å². The highest BCUT2D eigenvalue weighted by Gasteiger charge is 2.18. The van der Waals surface area contributed by atoms with Crippen molar-refractivity contribution in [1.82, 2.24) is 10.2 Å². The fraction of sp³-hybridized carbons (Fsp3) is 0.533. The maximum Gasteiger partial charge on any atom is 0.260 e. The van der Waals surface area contributed by atoms with Crippen molar-refractivity contribution in [3.05, 3.63) is 28.8 Å². The Morgan fingerprint density at radius 3 is 2.85 bits per heavy atom. The molecule has 0 saturated carbocycles. The lowest BCUT2D eigenvalue weighted by Crippen LogP contribution is -2.32. The summed E-state index contributed by atoms with van der Waals surface area (Å²) in [4.78, 5) is 13.8. The third-order valence-electron chi connectivity index (χ3n) is 3.40. The van der Waals surface area contributed by atoms with Crippen LogP contribution in [-0.4, -0.2) is 37.0 Å². The van der Waals surface area contributed by atoms with Gasteiger partial charge in [0.05, 0.1) is 0 Å². The largest absolute Gasteiger partial charge is 0.483 e. The van der Waals surface area contributed by atoms with E-state index in [4.69, 9.17) is 16.3 Å². The highest BCUT2D eigenvalue weighted by molar-refractivity contribution is 6.30. The molecule has 0 aliphatic carbocycles. The molecule has 2 rings (SSSR count). The normalized spacial score (nSPS) is 14.6. The summed E-state index contributed by atoms with van der Waals surface area (Å²) >= 11 is 6.00. The van der Waals surface area contributed by atoms with Gasteiger partial charge < -0.3 is 15.0 Å². The van der Waals surface area contributed by atoms with Gasteiger partial charge in [-0.2, -0.15) is 0 Å². The first-order valence-electron chi connectivity index (χ1n) is 7.10. The van der Waals surface area contributed by atoms with E-state index in [2.05, 4.69) is 5.32 Å². The van der Waals surface area contributed by atoms with E-state index < -0.39 is 0 Å². The van der Waals surface area contributed by atoms with Crippen LogP contribution in [0.1, 0.15) is 25.3 Å². The molecule has 1 N–H and O–H groups in total. The minimum Gasteiger partial charge on any atom is -0.483 e. The van der Waals surface area contributed by atoms with Crippen LogP contribution in [0.3, 0.4) is 0 Å². The van der Waals surface area contributed by atoms with Gasteiger partial charge in [-0.3, -0.25) is 4.79 Å². The summed E-state index contributed by atoms with van der Waals surface area (Å²) in [6.45, 7) is 5.41. The molecule has 0 unspecified atom stereocenters. The Morgan fingerprint density at radius 2 is 2.15 bits per heavy atom. The number of nitrogens with zero attached hydrogens (tertiary/aromatic N) is 1. The predicted octanol–water partition coefficient (Wildman–Crippen LogP) is 2.45. The molecule has 1 aromatic carbocycles. The Bertz CT molecular complexity index is 459. The molecule has 0 radical (unpaired) electrons. The second kappa shape index (κ2) is 7.50. The number of carbonyl (C=O) groups is 1. The van der Waals surface area contributed by atoms with Gasteiger partial charge in [0.2, 0.25) is 0 Å². The third-order valence-corrected chi connectivity index (χ3v) is 3.63. The number of hydrogen-bond donors (Lipinski definition) is 1. The fourth-order valence-corrected chi connectivity index (χ4v) is 2.48. The summed E-state index contributed by atoms with van der Waals surface area (Å²) in [5.41, 5.74) is 0.980.